The van der Waals surface area contributed by atoms with Gasteiger partial charge in [-0.25, -0.2) is 0 Å². The van der Waals surface area contributed by atoms with Gasteiger partial charge in [0.2, 0.25) is 0 Å². The monoisotopic (exact) mass is 216 g/mol. The Labute approximate surface area is 90.8 Å². The number of hydrogen-bond donors (Lipinski definition) is 2. The molecule has 4 heteroatoms. The van der Waals surface area contributed by atoms with Crippen molar-refractivity contribution in [2.45, 2.75) is 13.3 Å². The van der Waals surface area contributed by atoms with E-state index in [1.165, 1.54) is 0 Å². The first-order chi connectivity index (χ1) is 7.35. The lowest BCUT2D eigenvalue weighted by Crippen LogP contribution is -2.03. The van der Waals surface area contributed by atoms with Crippen molar-refractivity contribution < 1.29 is 19.7 Å². The maximum Gasteiger partial charge on any atom is 0.0997 e. The molecule has 0 aromatic heterocycles. The molecule has 1 aliphatic carbocycles. The third kappa shape index (κ3) is 9.46. The predicted octanol–water partition coefficient (Wildman–Crippen LogP) is 0.854. The summed E-state index contributed by atoms with van der Waals surface area (Å²) in [6.45, 7) is 3.48. The number of hydrogen-bond acceptors (Lipinski definition) is 4. The van der Waals surface area contributed by atoms with Crippen LogP contribution in [0, 0.1) is 0 Å². The van der Waals surface area contributed by atoms with Gasteiger partial charge in [0.05, 0.1) is 38.8 Å². The van der Waals surface area contributed by atoms with Crippen molar-refractivity contribution in [2.75, 3.05) is 33.0 Å². The molecule has 4 nitrogen and oxygen atoms in total. The van der Waals surface area contributed by atoms with Crippen molar-refractivity contribution in [3.63, 3.8) is 0 Å². The van der Waals surface area contributed by atoms with Gasteiger partial charge in [0, 0.05) is 6.42 Å². The largest absolute Gasteiger partial charge is 0.498 e. The Morgan fingerprint density at radius 3 is 2.33 bits per heavy atom. The van der Waals surface area contributed by atoms with Crippen molar-refractivity contribution in [1.29, 1.82) is 0 Å². The Morgan fingerprint density at radius 1 is 1.27 bits per heavy atom. The van der Waals surface area contributed by atoms with Crippen LogP contribution in [-0.4, -0.2) is 43.2 Å². The first-order valence-electron chi connectivity index (χ1n) is 5.13. The van der Waals surface area contributed by atoms with E-state index in [1.807, 2.05) is 19.1 Å². The number of aliphatic hydroxyl groups is 2. The molecule has 88 valence electrons. The summed E-state index contributed by atoms with van der Waals surface area (Å²) < 4.78 is 9.83. The molecule has 0 aromatic carbocycles. The minimum absolute atomic E-state index is 0.0278. The van der Waals surface area contributed by atoms with Crippen LogP contribution < -0.4 is 0 Å². The predicted molar refractivity (Wildman–Crippen MR) is 58.5 cm³/mol. The second kappa shape index (κ2) is 11.2. The molecular formula is C11H20O4. The molecule has 1 aliphatic rings. The maximum atomic E-state index is 8.09. The average Bonchev–Trinajstić information content (AvgIpc) is 2.73. The van der Waals surface area contributed by atoms with Crippen LogP contribution in [0.5, 0.6) is 0 Å². The Bertz CT molecular complexity index is 183. The smallest absolute Gasteiger partial charge is 0.0997 e. The minimum Gasteiger partial charge on any atom is -0.498 e. The van der Waals surface area contributed by atoms with Crippen LogP contribution in [0.4, 0.5) is 0 Å². The number of rotatable bonds is 6. The molecule has 0 spiro atoms. The summed E-state index contributed by atoms with van der Waals surface area (Å²) >= 11 is 0. The van der Waals surface area contributed by atoms with Crippen molar-refractivity contribution in [2.24, 2.45) is 0 Å². The molecule has 0 aromatic rings. The second-order valence-electron chi connectivity index (χ2n) is 2.76. The van der Waals surface area contributed by atoms with E-state index in [2.05, 4.69) is 10.8 Å². The molecule has 0 atom stereocenters. The van der Waals surface area contributed by atoms with E-state index in [0.717, 1.165) is 18.8 Å². The number of aliphatic hydroxyl groups excluding tert-OH is 2. The maximum absolute atomic E-state index is 8.09. The topological polar surface area (TPSA) is 58.9 Å². The van der Waals surface area contributed by atoms with Crippen LogP contribution in [0.2, 0.25) is 0 Å². The van der Waals surface area contributed by atoms with Crippen LogP contribution >= 0.6 is 0 Å². The van der Waals surface area contributed by atoms with Crippen LogP contribution in [0.15, 0.2) is 24.0 Å². The highest BCUT2D eigenvalue weighted by Crippen LogP contribution is 2.10. The van der Waals surface area contributed by atoms with Crippen LogP contribution in [0.1, 0.15) is 13.3 Å². The molecule has 1 rings (SSSR count). The zero-order chi connectivity index (χ0) is 11.4. The van der Waals surface area contributed by atoms with Crippen LogP contribution in [-0.2, 0) is 9.47 Å². The SMILES string of the molecule is CCOC1=CC=CC1.OCCOCCO. The second-order valence-corrected chi connectivity index (χ2v) is 2.76. The van der Waals surface area contributed by atoms with Gasteiger partial charge in [0.25, 0.3) is 0 Å². The van der Waals surface area contributed by atoms with Gasteiger partial charge in [0.15, 0.2) is 0 Å². The van der Waals surface area contributed by atoms with Gasteiger partial charge in [-0.2, -0.15) is 0 Å². The lowest BCUT2D eigenvalue weighted by molar-refractivity contribution is 0.0650. The summed E-state index contributed by atoms with van der Waals surface area (Å²) in [6.07, 6.45) is 7.09. The first kappa shape index (κ1) is 14.2. The molecule has 0 unspecified atom stereocenters. The normalized spacial score (nSPS) is 13.1. The van der Waals surface area contributed by atoms with Gasteiger partial charge in [-0.05, 0) is 13.0 Å². The van der Waals surface area contributed by atoms with Gasteiger partial charge in [-0.3, -0.25) is 0 Å². The lowest BCUT2D eigenvalue weighted by Gasteiger charge is -1.99. The third-order valence-electron chi connectivity index (χ3n) is 1.54. The molecule has 0 heterocycles. The molecule has 0 radical (unpaired) electrons. The molecule has 0 bridgehead atoms. The molecule has 0 saturated carbocycles. The van der Waals surface area contributed by atoms with E-state index < -0.39 is 0 Å². The summed E-state index contributed by atoms with van der Waals surface area (Å²) in [5, 5.41) is 16.2. The average molecular weight is 216 g/mol. The molecular weight excluding hydrogens is 196 g/mol. The summed E-state index contributed by atoms with van der Waals surface area (Å²) in [5.74, 6) is 1.09. The van der Waals surface area contributed by atoms with E-state index in [9.17, 15) is 0 Å². The van der Waals surface area contributed by atoms with Gasteiger partial charge in [0.1, 0.15) is 0 Å². The zero-order valence-electron chi connectivity index (χ0n) is 9.19. The quantitative estimate of drug-likeness (QED) is 0.646. The van der Waals surface area contributed by atoms with Crippen LogP contribution in [0.25, 0.3) is 0 Å². The summed E-state index contributed by atoms with van der Waals surface area (Å²) in [5.41, 5.74) is 0. The van der Waals surface area contributed by atoms with Crippen molar-refractivity contribution in [1.82, 2.24) is 0 Å². The number of allylic oxidation sites excluding steroid dienone is 3. The van der Waals surface area contributed by atoms with Crippen LogP contribution in [0.3, 0.4) is 0 Å². The van der Waals surface area contributed by atoms with Gasteiger partial charge in [-0.15, -0.1) is 0 Å². The number of ether oxygens (including phenoxy) is 2. The summed E-state index contributed by atoms with van der Waals surface area (Å²) in [7, 11) is 0. The lowest BCUT2D eigenvalue weighted by atomic mass is 10.4. The fraction of sp³-hybridized carbons (Fsp3) is 0.636. The highest BCUT2D eigenvalue weighted by atomic mass is 16.5. The highest BCUT2D eigenvalue weighted by Gasteiger charge is 1.95. The van der Waals surface area contributed by atoms with E-state index in [1.54, 1.807) is 0 Å². The Balaban J connectivity index is 0.000000265. The highest BCUT2D eigenvalue weighted by molar-refractivity contribution is 5.18. The van der Waals surface area contributed by atoms with Crippen molar-refractivity contribution in [3.8, 4) is 0 Å². The molecule has 2 N–H and O–H groups in total. The Morgan fingerprint density at radius 2 is 1.93 bits per heavy atom. The van der Waals surface area contributed by atoms with E-state index in [4.69, 9.17) is 14.9 Å². The standard InChI is InChI=1S/C7H10O.C4H10O3/c1-2-8-7-5-3-4-6-7;5-1-3-7-4-2-6/h3-5H,2,6H2,1H3;5-6H,1-4H2. The minimum atomic E-state index is 0.0278. The van der Waals surface area contributed by atoms with Gasteiger partial charge < -0.3 is 19.7 Å². The Hall–Kier alpha value is -0.840. The van der Waals surface area contributed by atoms with Crippen molar-refractivity contribution in [3.05, 3.63) is 24.0 Å². The van der Waals surface area contributed by atoms with Crippen molar-refractivity contribution >= 4 is 0 Å². The fourth-order valence-electron chi connectivity index (χ4n) is 0.951. The van der Waals surface area contributed by atoms with Gasteiger partial charge >= 0.3 is 0 Å². The molecule has 0 amide bonds. The summed E-state index contributed by atoms with van der Waals surface area (Å²) in [4.78, 5) is 0. The van der Waals surface area contributed by atoms with Gasteiger partial charge in [-0.1, -0.05) is 12.2 Å². The Kier molecular flexibility index (Phi) is 10.6. The van der Waals surface area contributed by atoms with E-state index >= 15 is 0 Å². The molecule has 15 heavy (non-hydrogen) atoms. The first-order valence-corrected chi connectivity index (χ1v) is 5.13. The zero-order valence-corrected chi connectivity index (χ0v) is 9.19. The molecule has 0 aliphatic heterocycles. The molecule has 0 fully saturated rings. The van der Waals surface area contributed by atoms with E-state index in [-0.39, 0.29) is 13.2 Å². The fourth-order valence-corrected chi connectivity index (χ4v) is 0.951. The summed E-state index contributed by atoms with van der Waals surface area (Å²) in [6, 6.07) is 0. The van der Waals surface area contributed by atoms with E-state index in [0.29, 0.717) is 13.2 Å². The third-order valence-corrected chi connectivity index (χ3v) is 1.54. The molecule has 0 saturated heterocycles.